The Balaban J connectivity index is 1.47. The fraction of sp³-hybridized carbons (Fsp3) is 0.179. The van der Waals surface area contributed by atoms with Crippen LogP contribution in [0.3, 0.4) is 0 Å². The molecule has 1 aliphatic heterocycles. The lowest BCUT2D eigenvalue weighted by Crippen LogP contribution is -2.20. The Morgan fingerprint density at radius 2 is 1.84 bits per heavy atom. The summed E-state index contributed by atoms with van der Waals surface area (Å²) in [6.45, 7) is 4.03. The molecule has 0 radical (unpaired) electrons. The molecule has 1 saturated heterocycles. The molecule has 0 aromatic heterocycles. The summed E-state index contributed by atoms with van der Waals surface area (Å²) < 4.78 is 17.3. The molecular formula is C28H26BrN3O5S. The number of hydrogen-bond acceptors (Lipinski definition) is 7. The molecule has 8 nitrogen and oxygen atoms in total. The Morgan fingerprint density at radius 1 is 1.11 bits per heavy atom. The van der Waals surface area contributed by atoms with Gasteiger partial charge in [0.15, 0.2) is 23.3 Å². The van der Waals surface area contributed by atoms with Gasteiger partial charge in [-0.05, 0) is 102 Å². The molecule has 2 amide bonds. The zero-order valence-corrected chi connectivity index (χ0v) is 23.4. The van der Waals surface area contributed by atoms with E-state index in [-0.39, 0.29) is 18.4 Å². The van der Waals surface area contributed by atoms with E-state index in [1.165, 1.54) is 11.8 Å². The van der Waals surface area contributed by atoms with Crippen LogP contribution in [0.2, 0.25) is 0 Å². The molecule has 0 unspecified atom stereocenters. The van der Waals surface area contributed by atoms with Gasteiger partial charge in [-0.25, -0.2) is 4.99 Å². The van der Waals surface area contributed by atoms with Gasteiger partial charge in [-0.15, -0.1) is 0 Å². The van der Waals surface area contributed by atoms with Crippen LogP contribution in [-0.2, 0) is 9.59 Å². The van der Waals surface area contributed by atoms with E-state index in [4.69, 9.17) is 14.2 Å². The number of amidine groups is 1. The average molecular weight is 597 g/mol. The van der Waals surface area contributed by atoms with Gasteiger partial charge in [-0.3, -0.25) is 9.59 Å². The van der Waals surface area contributed by atoms with Crippen LogP contribution in [0.4, 0.5) is 11.4 Å². The summed E-state index contributed by atoms with van der Waals surface area (Å²) in [6, 6.07) is 18.3. The first-order chi connectivity index (χ1) is 18.3. The fourth-order valence-corrected chi connectivity index (χ4v) is 4.87. The third-order valence-electron chi connectivity index (χ3n) is 5.27. The van der Waals surface area contributed by atoms with E-state index in [1.54, 1.807) is 37.5 Å². The van der Waals surface area contributed by atoms with Crippen molar-refractivity contribution in [3.05, 3.63) is 81.2 Å². The number of ether oxygens (including phenoxy) is 3. The minimum absolute atomic E-state index is 0.198. The predicted molar refractivity (Wildman–Crippen MR) is 154 cm³/mol. The molecular weight excluding hydrogens is 570 g/mol. The van der Waals surface area contributed by atoms with E-state index in [0.717, 1.165) is 16.9 Å². The lowest BCUT2D eigenvalue weighted by molar-refractivity contribution is -0.118. The zero-order valence-electron chi connectivity index (χ0n) is 21.0. The molecule has 0 bridgehead atoms. The quantitative estimate of drug-likeness (QED) is 0.291. The highest BCUT2D eigenvalue weighted by Gasteiger charge is 2.24. The van der Waals surface area contributed by atoms with Crippen molar-refractivity contribution in [1.82, 2.24) is 5.32 Å². The van der Waals surface area contributed by atoms with Crippen LogP contribution in [-0.4, -0.2) is 37.3 Å². The first kappa shape index (κ1) is 27.3. The van der Waals surface area contributed by atoms with Gasteiger partial charge >= 0.3 is 0 Å². The third-order valence-corrected chi connectivity index (χ3v) is 6.77. The third kappa shape index (κ3) is 7.17. The van der Waals surface area contributed by atoms with Crippen LogP contribution < -0.4 is 24.8 Å². The molecule has 2 N–H and O–H groups in total. The topological polar surface area (TPSA) is 98.2 Å². The number of halogens is 1. The Kier molecular flexibility index (Phi) is 9.09. The highest BCUT2D eigenvalue weighted by Crippen LogP contribution is 2.38. The Morgan fingerprint density at radius 3 is 2.53 bits per heavy atom. The normalized spacial score (nSPS) is 14.9. The average Bonchev–Trinajstić information content (AvgIpc) is 3.23. The summed E-state index contributed by atoms with van der Waals surface area (Å²) in [4.78, 5) is 30.0. The number of aliphatic imine (C=N–C) groups is 1. The molecule has 10 heteroatoms. The minimum atomic E-state index is -0.294. The van der Waals surface area contributed by atoms with Gasteiger partial charge in [0.05, 0.1) is 28.8 Å². The standard InChI is InChI=1S/C28H26BrN3O5S/c1-4-36-23-14-18(13-22(29)26(23)37-16-25(33)30-19-7-5-17(2)6-8-19)15-24-27(34)32-28(38-24)31-20-9-11-21(35-3)12-10-20/h5-15H,4,16H2,1-3H3,(H,30,33)(H,31,32,34)/b24-15+. The van der Waals surface area contributed by atoms with Crippen molar-refractivity contribution in [1.29, 1.82) is 0 Å². The molecule has 3 aromatic rings. The second kappa shape index (κ2) is 12.7. The van der Waals surface area contributed by atoms with Gasteiger partial charge in [-0.1, -0.05) is 17.7 Å². The monoisotopic (exact) mass is 595 g/mol. The van der Waals surface area contributed by atoms with E-state index in [9.17, 15) is 9.59 Å². The molecule has 3 aromatic carbocycles. The smallest absolute Gasteiger partial charge is 0.264 e. The molecule has 0 spiro atoms. The molecule has 4 rings (SSSR count). The predicted octanol–water partition coefficient (Wildman–Crippen LogP) is 6.07. The second-order valence-electron chi connectivity index (χ2n) is 8.15. The lowest BCUT2D eigenvalue weighted by Gasteiger charge is -2.15. The van der Waals surface area contributed by atoms with E-state index in [1.807, 2.05) is 50.2 Å². The van der Waals surface area contributed by atoms with Crippen LogP contribution in [0.1, 0.15) is 18.1 Å². The van der Waals surface area contributed by atoms with E-state index in [2.05, 4.69) is 31.6 Å². The van der Waals surface area contributed by atoms with Gasteiger partial charge in [0.2, 0.25) is 0 Å². The number of thioether (sulfide) groups is 1. The van der Waals surface area contributed by atoms with Gasteiger partial charge in [0.25, 0.3) is 11.8 Å². The van der Waals surface area contributed by atoms with Crippen molar-refractivity contribution in [2.24, 2.45) is 4.99 Å². The summed E-state index contributed by atoms with van der Waals surface area (Å²) >= 11 is 4.76. The summed E-state index contributed by atoms with van der Waals surface area (Å²) in [5.74, 6) is 1.04. The molecule has 196 valence electrons. The SMILES string of the molecule is CCOc1cc(/C=C2/SC(=Nc3ccc(OC)cc3)NC2=O)cc(Br)c1OCC(=O)Nc1ccc(C)cc1. The van der Waals surface area contributed by atoms with Crippen LogP contribution >= 0.6 is 27.7 Å². The summed E-state index contributed by atoms with van der Waals surface area (Å²) in [7, 11) is 1.60. The van der Waals surface area contributed by atoms with E-state index in [0.29, 0.717) is 44.0 Å². The van der Waals surface area contributed by atoms with Crippen molar-refractivity contribution in [2.45, 2.75) is 13.8 Å². The number of carbonyl (C=O) groups excluding carboxylic acids is 2. The second-order valence-corrected chi connectivity index (χ2v) is 10.0. The van der Waals surface area contributed by atoms with Crippen LogP contribution in [0.25, 0.3) is 6.08 Å². The first-order valence-corrected chi connectivity index (χ1v) is 13.3. The van der Waals surface area contributed by atoms with Crippen molar-refractivity contribution in [3.63, 3.8) is 0 Å². The van der Waals surface area contributed by atoms with E-state index < -0.39 is 0 Å². The number of nitrogens with one attached hydrogen (secondary N) is 2. The number of nitrogens with zero attached hydrogens (tertiary/aromatic N) is 1. The van der Waals surface area contributed by atoms with Gasteiger partial charge in [-0.2, -0.15) is 0 Å². The Hall–Kier alpha value is -3.76. The van der Waals surface area contributed by atoms with Gasteiger partial charge in [0, 0.05) is 5.69 Å². The molecule has 0 saturated carbocycles. The van der Waals surface area contributed by atoms with Gasteiger partial charge < -0.3 is 24.8 Å². The number of aryl methyl sites for hydroxylation is 1. The zero-order chi connectivity index (χ0) is 27.1. The molecule has 0 atom stereocenters. The Labute approximate surface area is 233 Å². The maximum atomic E-state index is 12.6. The largest absolute Gasteiger partial charge is 0.497 e. The van der Waals surface area contributed by atoms with Gasteiger partial charge in [0.1, 0.15) is 5.75 Å². The maximum Gasteiger partial charge on any atom is 0.264 e. The number of amides is 2. The number of anilines is 1. The Bertz CT molecular complexity index is 1390. The number of carbonyl (C=O) groups is 2. The van der Waals surface area contributed by atoms with Crippen LogP contribution in [0.15, 0.2) is 75.0 Å². The van der Waals surface area contributed by atoms with Crippen LogP contribution in [0.5, 0.6) is 17.2 Å². The fourth-order valence-electron chi connectivity index (χ4n) is 3.45. The molecule has 0 aliphatic carbocycles. The molecule has 1 heterocycles. The highest BCUT2D eigenvalue weighted by atomic mass is 79.9. The minimum Gasteiger partial charge on any atom is -0.497 e. The number of hydrogen-bond donors (Lipinski definition) is 2. The van der Waals surface area contributed by atoms with Crippen molar-refractivity contribution >= 4 is 62.1 Å². The van der Waals surface area contributed by atoms with E-state index >= 15 is 0 Å². The maximum absolute atomic E-state index is 12.6. The summed E-state index contributed by atoms with van der Waals surface area (Å²) in [5.41, 5.74) is 3.22. The number of benzene rings is 3. The van der Waals surface area contributed by atoms with Crippen molar-refractivity contribution < 1.29 is 23.8 Å². The summed E-state index contributed by atoms with van der Waals surface area (Å²) in [5, 5.41) is 6.07. The highest BCUT2D eigenvalue weighted by molar-refractivity contribution is 9.10. The van der Waals surface area contributed by atoms with Crippen molar-refractivity contribution in [2.75, 3.05) is 25.6 Å². The number of methoxy groups -OCH3 is 1. The molecule has 1 fully saturated rings. The van der Waals surface area contributed by atoms with Crippen molar-refractivity contribution in [3.8, 4) is 17.2 Å². The molecule has 38 heavy (non-hydrogen) atoms. The number of rotatable bonds is 9. The molecule has 1 aliphatic rings. The van der Waals surface area contributed by atoms with Crippen LogP contribution in [0, 0.1) is 6.92 Å². The lowest BCUT2D eigenvalue weighted by atomic mass is 10.2. The first-order valence-electron chi connectivity index (χ1n) is 11.7. The summed E-state index contributed by atoms with van der Waals surface area (Å²) in [6.07, 6.45) is 1.75.